The largest absolute Gasteiger partial charge is 0.467 e. The van der Waals surface area contributed by atoms with Crippen LogP contribution < -0.4 is 5.32 Å². The van der Waals surface area contributed by atoms with Gasteiger partial charge < -0.3 is 14.8 Å². The molecule has 1 aromatic carbocycles. The predicted octanol–water partition coefficient (Wildman–Crippen LogP) is 2.86. The molecule has 24 heavy (non-hydrogen) atoms. The van der Waals surface area contributed by atoms with E-state index in [0.29, 0.717) is 0 Å². The zero-order valence-corrected chi connectivity index (χ0v) is 14.5. The number of halogens is 1. The van der Waals surface area contributed by atoms with E-state index in [0.717, 1.165) is 7.11 Å². The lowest BCUT2D eigenvalue weighted by molar-refractivity contribution is -0.385. The van der Waals surface area contributed by atoms with Crippen molar-refractivity contribution in [3.63, 3.8) is 0 Å². The summed E-state index contributed by atoms with van der Waals surface area (Å²) >= 11 is 5.76. The van der Waals surface area contributed by atoms with Gasteiger partial charge in [-0.25, -0.2) is 9.59 Å². The minimum atomic E-state index is -1.13. The van der Waals surface area contributed by atoms with Crippen LogP contribution in [0.4, 0.5) is 10.5 Å². The first kappa shape index (κ1) is 19.7. The average molecular weight is 359 g/mol. The normalized spacial score (nSPS) is 12.2. The highest BCUT2D eigenvalue weighted by atomic mass is 35.5. The minimum Gasteiger partial charge on any atom is -0.467 e. The second kappa shape index (κ2) is 7.96. The number of carbonyl (C=O) groups is 2. The summed E-state index contributed by atoms with van der Waals surface area (Å²) in [5.41, 5.74) is -0.768. The van der Waals surface area contributed by atoms with Gasteiger partial charge in [-0.15, -0.1) is 0 Å². The van der Waals surface area contributed by atoms with Crippen molar-refractivity contribution in [2.75, 3.05) is 7.11 Å². The Morgan fingerprint density at radius 2 is 2.00 bits per heavy atom. The summed E-state index contributed by atoms with van der Waals surface area (Å²) in [6.07, 6.45) is -0.964. The first-order valence-corrected chi connectivity index (χ1v) is 7.41. The first-order chi connectivity index (χ1) is 11.0. The molecule has 0 radical (unpaired) electrons. The van der Waals surface area contributed by atoms with Crippen LogP contribution in [-0.2, 0) is 20.7 Å². The van der Waals surface area contributed by atoms with E-state index in [1.165, 1.54) is 18.2 Å². The molecule has 1 aromatic rings. The van der Waals surface area contributed by atoms with Crippen LogP contribution in [0.1, 0.15) is 26.3 Å². The lowest BCUT2D eigenvalue weighted by Crippen LogP contribution is -2.45. The molecule has 9 heteroatoms. The summed E-state index contributed by atoms with van der Waals surface area (Å²) in [7, 11) is 1.16. The van der Waals surface area contributed by atoms with Gasteiger partial charge in [0, 0.05) is 23.1 Å². The third-order valence-corrected chi connectivity index (χ3v) is 3.08. The number of methoxy groups -OCH3 is 1. The number of benzene rings is 1. The third kappa shape index (κ3) is 6.04. The van der Waals surface area contributed by atoms with E-state index in [-0.39, 0.29) is 22.7 Å². The van der Waals surface area contributed by atoms with Gasteiger partial charge in [-0.05, 0) is 26.8 Å². The Hall–Kier alpha value is -2.35. The van der Waals surface area contributed by atoms with Crippen molar-refractivity contribution in [1.82, 2.24) is 5.32 Å². The number of alkyl carbamates (subject to hydrolysis) is 1. The summed E-state index contributed by atoms with van der Waals surface area (Å²) in [4.78, 5) is 34.2. The fourth-order valence-corrected chi connectivity index (χ4v) is 2.05. The van der Waals surface area contributed by atoms with Crippen molar-refractivity contribution < 1.29 is 24.0 Å². The molecule has 0 aliphatic rings. The van der Waals surface area contributed by atoms with Crippen LogP contribution in [0.3, 0.4) is 0 Å². The van der Waals surface area contributed by atoms with Gasteiger partial charge in [0.2, 0.25) is 0 Å². The number of ether oxygens (including phenoxy) is 2. The maximum Gasteiger partial charge on any atom is 0.408 e. The molecule has 132 valence electrons. The van der Waals surface area contributed by atoms with E-state index in [1.54, 1.807) is 20.8 Å². The molecule has 0 aliphatic heterocycles. The van der Waals surface area contributed by atoms with Gasteiger partial charge in [0.25, 0.3) is 5.69 Å². The van der Waals surface area contributed by atoms with Gasteiger partial charge in [0.15, 0.2) is 0 Å². The number of carbonyl (C=O) groups excluding carboxylic acids is 2. The fourth-order valence-electron chi connectivity index (χ4n) is 1.88. The van der Waals surface area contributed by atoms with E-state index in [2.05, 4.69) is 10.1 Å². The molecule has 1 rings (SSSR count). The van der Waals surface area contributed by atoms with E-state index in [4.69, 9.17) is 16.3 Å². The van der Waals surface area contributed by atoms with Crippen molar-refractivity contribution in [2.24, 2.45) is 0 Å². The molecule has 1 unspecified atom stereocenters. The Kier molecular flexibility index (Phi) is 6.53. The Bertz CT molecular complexity index is 641. The smallest absolute Gasteiger partial charge is 0.408 e. The monoisotopic (exact) mass is 358 g/mol. The highest BCUT2D eigenvalue weighted by molar-refractivity contribution is 6.30. The van der Waals surface area contributed by atoms with E-state index in [1.807, 2.05) is 0 Å². The number of nitrogens with zero attached hydrogens (tertiary/aromatic N) is 1. The quantitative estimate of drug-likeness (QED) is 0.492. The van der Waals surface area contributed by atoms with Gasteiger partial charge in [-0.3, -0.25) is 10.1 Å². The molecule has 8 nitrogen and oxygen atoms in total. The number of rotatable bonds is 5. The molecule has 0 bridgehead atoms. The van der Waals surface area contributed by atoms with Crippen molar-refractivity contribution >= 4 is 29.4 Å². The number of esters is 1. The van der Waals surface area contributed by atoms with Crippen LogP contribution in [-0.4, -0.2) is 35.7 Å². The van der Waals surface area contributed by atoms with Crippen LogP contribution in [0.2, 0.25) is 5.02 Å². The molecule has 0 heterocycles. The SMILES string of the molecule is COC(=O)C(Cc1ccc(Cl)cc1[N+](=O)[O-])NC(=O)OC(C)(C)C. The topological polar surface area (TPSA) is 108 Å². The summed E-state index contributed by atoms with van der Waals surface area (Å²) in [5.74, 6) is -0.745. The van der Waals surface area contributed by atoms with Crippen LogP contribution in [0.25, 0.3) is 0 Å². The van der Waals surface area contributed by atoms with Gasteiger partial charge in [0.05, 0.1) is 12.0 Å². The first-order valence-electron chi connectivity index (χ1n) is 7.03. The second-order valence-electron chi connectivity index (χ2n) is 5.96. The van der Waals surface area contributed by atoms with Gasteiger partial charge in [0.1, 0.15) is 11.6 Å². The molecule has 0 saturated heterocycles. The molecule has 0 aliphatic carbocycles. The maximum absolute atomic E-state index is 11.9. The minimum absolute atomic E-state index is 0.139. The molecule has 0 fully saturated rings. The zero-order chi connectivity index (χ0) is 18.5. The summed E-state index contributed by atoms with van der Waals surface area (Å²) < 4.78 is 9.72. The van der Waals surface area contributed by atoms with Crippen molar-refractivity contribution in [3.8, 4) is 0 Å². The molecule has 0 aromatic heterocycles. The number of nitro benzene ring substituents is 1. The Balaban J connectivity index is 3.01. The summed E-state index contributed by atoms with van der Waals surface area (Å²) in [5, 5.41) is 13.7. The maximum atomic E-state index is 11.9. The second-order valence-corrected chi connectivity index (χ2v) is 6.39. The molecule has 0 saturated carbocycles. The lowest BCUT2D eigenvalue weighted by atomic mass is 10.0. The predicted molar refractivity (Wildman–Crippen MR) is 87.0 cm³/mol. The van der Waals surface area contributed by atoms with E-state index in [9.17, 15) is 19.7 Å². The highest BCUT2D eigenvalue weighted by Gasteiger charge is 2.28. The lowest BCUT2D eigenvalue weighted by Gasteiger charge is -2.22. The summed E-state index contributed by atoms with van der Waals surface area (Å²) in [6, 6.07) is 2.93. The highest BCUT2D eigenvalue weighted by Crippen LogP contribution is 2.24. The number of nitro groups is 1. The van der Waals surface area contributed by atoms with Crippen LogP contribution >= 0.6 is 11.6 Å². The van der Waals surface area contributed by atoms with Crippen molar-refractivity contribution in [2.45, 2.75) is 38.8 Å². The van der Waals surface area contributed by atoms with Gasteiger partial charge in [-0.2, -0.15) is 0 Å². The molecular formula is C15H19ClN2O6. The Morgan fingerprint density at radius 1 is 1.38 bits per heavy atom. The average Bonchev–Trinajstić information content (AvgIpc) is 2.45. The zero-order valence-electron chi connectivity index (χ0n) is 13.8. The van der Waals surface area contributed by atoms with Crippen LogP contribution in [0.5, 0.6) is 0 Å². The Morgan fingerprint density at radius 3 is 2.50 bits per heavy atom. The standard InChI is InChI=1S/C15H19ClN2O6/c1-15(2,3)24-14(20)17-11(13(19)23-4)7-9-5-6-10(16)8-12(9)18(21)22/h5-6,8,11H,7H2,1-4H3,(H,17,20). The number of nitrogens with one attached hydrogen (secondary N) is 1. The van der Waals surface area contributed by atoms with E-state index < -0.39 is 28.6 Å². The fraction of sp³-hybridized carbons (Fsp3) is 0.467. The number of hydrogen-bond acceptors (Lipinski definition) is 6. The van der Waals surface area contributed by atoms with E-state index >= 15 is 0 Å². The number of hydrogen-bond donors (Lipinski definition) is 1. The van der Waals surface area contributed by atoms with Gasteiger partial charge >= 0.3 is 12.1 Å². The molecule has 0 spiro atoms. The molecular weight excluding hydrogens is 340 g/mol. The van der Waals surface area contributed by atoms with Crippen molar-refractivity contribution in [1.29, 1.82) is 0 Å². The molecule has 1 atom stereocenters. The molecule has 1 amide bonds. The number of amides is 1. The molecule has 1 N–H and O–H groups in total. The Labute approximate surface area is 144 Å². The van der Waals surface area contributed by atoms with Crippen LogP contribution in [0.15, 0.2) is 18.2 Å². The van der Waals surface area contributed by atoms with Crippen LogP contribution in [0, 0.1) is 10.1 Å². The van der Waals surface area contributed by atoms with Gasteiger partial charge in [-0.1, -0.05) is 17.7 Å². The third-order valence-electron chi connectivity index (χ3n) is 2.84. The van der Waals surface area contributed by atoms with Crippen molar-refractivity contribution in [3.05, 3.63) is 38.9 Å². The summed E-state index contributed by atoms with van der Waals surface area (Å²) in [6.45, 7) is 5.01.